The van der Waals surface area contributed by atoms with E-state index < -0.39 is 0 Å². The van der Waals surface area contributed by atoms with Crippen molar-refractivity contribution in [2.75, 3.05) is 5.43 Å². The van der Waals surface area contributed by atoms with E-state index in [1.807, 2.05) is 29.2 Å². The third kappa shape index (κ3) is 1.57. The lowest BCUT2D eigenvalue weighted by Crippen LogP contribution is -2.18. The zero-order valence-electron chi connectivity index (χ0n) is 10.5. The molecule has 3 aromatic rings. The third-order valence-electron chi connectivity index (χ3n) is 3.72. The van der Waals surface area contributed by atoms with Gasteiger partial charge in [-0.3, -0.25) is 4.68 Å². The van der Waals surface area contributed by atoms with E-state index in [1.54, 1.807) is 0 Å². The zero-order chi connectivity index (χ0) is 12.7. The minimum Gasteiger partial charge on any atom is -0.314 e. The van der Waals surface area contributed by atoms with Crippen LogP contribution >= 0.6 is 0 Å². The van der Waals surface area contributed by atoms with Crippen LogP contribution in [0.15, 0.2) is 73.1 Å². The Hall–Kier alpha value is -2.48. The van der Waals surface area contributed by atoms with Gasteiger partial charge in [-0.1, -0.05) is 48.5 Å². The Kier molecular flexibility index (Phi) is 2.21. The van der Waals surface area contributed by atoms with Crippen LogP contribution < -0.4 is 5.43 Å². The molecule has 2 nitrogen and oxygen atoms in total. The molecule has 19 heavy (non-hydrogen) atoms. The van der Waals surface area contributed by atoms with Crippen molar-refractivity contribution in [1.82, 2.24) is 4.68 Å². The SMILES string of the molecule is c1ccc2c(c1)-c1ccccc1C2Nn1cccc1. The van der Waals surface area contributed by atoms with E-state index in [9.17, 15) is 0 Å². The van der Waals surface area contributed by atoms with Gasteiger partial charge in [-0.15, -0.1) is 0 Å². The maximum absolute atomic E-state index is 3.55. The normalized spacial score (nSPS) is 13.1. The van der Waals surface area contributed by atoms with Crippen molar-refractivity contribution >= 4 is 0 Å². The molecule has 2 heteroatoms. The quantitative estimate of drug-likeness (QED) is 0.727. The van der Waals surface area contributed by atoms with Crippen molar-refractivity contribution in [2.24, 2.45) is 0 Å². The molecule has 4 rings (SSSR count). The molecule has 1 aromatic heterocycles. The van der Waals surface area contributed by atoms with Gasteiger partial charge in [-0.05, 0) is 34.4 Å². The summed E-state index contributed by atoms with van der Waals surface area (Å²) in [6.45, 7) is 0. The number of hydrogen-bond acceptors (Lipinski definition) is 1. The minimum atomic E-state index is 0.222. The fourth-order valence-electron chi connectivity index (χ4n) is 2.86. The molecule has 0 radical (unpaired) electrons. The molecule has 0 amide bonds. The van der Waals surface area contributed by atoms with Gasteiger partial charge < -0.3 is 5.43 Å². The average Bonchev–Trinajstić information content (AvgIpc) is 3.08. The molecule has 2 aromatic carbocycles. The summed E-state index contributed by atoms with van der Waals surface area (Å²) in [5.41, 5.74) is 8.91. The first kappa shape index (κ1) is 10.4. The highest BCUT2D eigenvalue weighted by Crippen LogP contribution is 2.43. The Morgan fingerprint density at radius 2 is 1.21 bits per heavy atom. The van der Waals surface area contributed by atoms with Gasteiger partial charge in [0.15, 0.2) is 0 Å². The average molecular weight is 246 g/mol. The van der Waals surface area contributed by atoms with Crippen LogP contribution in [0.2, 0.25) is 0 Å². The summed E-state index contributed by atoms with van der Waals surface area (Å²) in [7, 11) is 0. The predicted molar refractivity (Wildman–Crippen MR) is 77.5 cm³/mol. The van der Waals surface area contributed by atoms with Crippen LogP contribution in [0.5, 0.6) is 0 Å². The van der Waals surface area contributed by atoms with Gasteiger partial charge in [0.05, 0.1) is 6.04 Å². The Morgan fingerprint density at radius 1 is 0.684 bits per heavy atom. The first-order valence-corrected chi connectivity index (χ1v) is 6.51. The van der Waals surface area contributed by atoms with Crippen molar-refractivity contribution in [3.63, 3.8) is 0 Å². The molecule has 0 saturated carbocycles. The summed E-state index contributed by atoms with van der Waals surface area (Å²) in [6, 6.07) is 21.5. The number of hydrogen-bond donors (Lipinski definition) is 1. The largest absolute Gasteiger partial charge is 0.314 e. The third-order valence-corrected chi connectivity index (χ3v) is 3.72. The number of fused-ring (bicyclic) bond motifs is 3. The molecule has 1 aliphatic carbocycles. The second kappa shape index (κ2) is 4.02. The second-order valence-electron chi connectivity index (χ2n) is 4.83. The Labute approximate surface area is 112 Å². The summed E-state index contributed by atoms with van der Waals surface area (Å²) >= 11 is 0. The standard InChI is InChI=1S/C17H14N2/c1-3-9-15-13(7-1)14-8-2-4-10-16(14)17(15)18-19-11-5-6-12-19/h1-12,17-18H. The van der Waals surface area contributed by atoms with Crippen LogP contribution in [0.1, 0.15) is 17.2 Å². The highest BCUT2D eigenvalue weighted by Gasteiger charge is 2.27. The molecule has 0 spiro atoms. The zero-order valence-corrected chi connectivity index (χ0v) is 10.5. The fourth-order valence-corrected chi connectivity index (χ4v) is 2.86. The number of aromatic nitrogens is 1. The minimum absolute atomic E-state index is 0.222. The number of nitrogens with one attached hydrogen (secondary N) is 1. The van der Waals surface area contributed by atoms with Gasteiger partial charge in [-0.2, -0.15) is 0 Å². The molecule has 1 heterocycles. The lowest BCUT2D eigenvalue weighted by molar-refractivity contribution is 0.773. The molecular formula is C17H14N2. The Balaban J connectivity index is 1.86. The van der Waals surface area contributed by atoms with Gasteiger partial charge in [0, 0.05) is 12.4 Å². The molecule has 1 aliphatic rings. The van der Waals surface area contributed by atoms with E-state index in [0.717, 1.165) is 0 Å². The van der Waals surface area contributed by atoms with Gasteiger partial charge in [-0.25, -0.2) is 0 Å². The van der Waals surface area contributed by atoms with E-state index in [2.05, 4.69) is 54.0 Å². The van der Waals surface area contributed by atoms with Crippen LogP contribution in [0.4, 0.5) is 0 Å². The second-order valence-corrected chi connectivity index (χ2v) is 4.83. The van der Waals surface area contributed by atoms with Gasteiger partial charge in [0.25, 0.3) is 0 Å². The first-order valence-electron chi connectivity index (χ1n) is 6.51. The number of benzene rings is 2. The number of rotatable bonds is 2. The molecule has 0 aliphatic heterocycles. The van der Waals surface area contributed by atoms with Crippen molar-refractivity contribution < 1.29 is 0 Å². The molecule has 0 fully saturated rings. The van der Waals surface area contributed by atoms with Crippen molar-refractivity contribution in [3.05, 3.63) is 84.2 Å². The van der Waals surface area contributed by atoms with Crippen LogP contribution in [0.3, 0.4) is 0 Å². The highest BCUT2D eigenvalue weighted by molar-refractivity contribution is 5.79. The monoisotopic (exact) mass is 246 g/mol. The fraction of sp³-hybridized carbons (Fsp3) is 0.0588. The highest BCUT2D eigenvalue weighted by atomic mass is 15.4. The van der Waals surface area contributed by atoms with Crippen LogP contribution in [0.25, 0.3) is 11.1 Å². The molecule has 1 N–H and O–H groups in total. The Bertz CT molecular complexity index is 668. The molecule has 0 atom stereocenters. The van der Waals surface area contributed by atoms with Crippen LogP contribution in [0, 0.1) is 0 Å². The summed E-state index contributed by atoms with van der Waals surface area (Å²) in [4.78, 5) is 0. The van der Waals surface area contributed by atoms with E-state index in [4.69, 9.17) is 0 Å². The van der Waals surface area contributed by atoms with E-state index in [0.29, 0.717) is 0 Å². The maximum Gasteiger partial charge on any atom is 0.0935 e. The van der Waals surface area contributed by atoms with Crippen molar-refractivity contribution in [2.45, 2.75) is 6.04 Å². The van der Waals surface area contributed by atoms with E-state index >= 15 is 0 Å². The van der Waals surface area contributed by atoms with Crippen molar-refractivity contribution in [3.8, 4) is 11.1 Å². The smallest absolute Gasteiger partial charge is 0.0935 e. The van der Waals surface area contributed by atoms with Gasteiger partial charge >= 0.3 is 0 Å². The molecule has 0 bridgehead atoms. The lowest BCUT2D eigenvalue weighted by atomic mass is 10.1. The Morgan fingerprint density at radius 3 is 1.79 bits per heavy atom. The maximum atomic E-state index is 3.55. The first-order chi connectivity index (χ1) is 9.43. The molecule has 0 saturated heterocycles. The topological polar surface area (TPSA) is 17.0 Å². The van der Waals surface area contributed by atoms with Gasteiger partial charge in [0.2, 0.25) is 0 Å². The summed E-state index contributed by atoms with van der Waals surface area (Å²) in [6.07, 6.45) is 4.06. The molecule has 92 valence electrons. The summed E-state index contributed by atoms with van der Waals surface area (Å²) < 4.78 is 2.02. The van der Waals surface area contributed by atoms with Crippen molar-refractivity contribution in [1.29, 1.82) is 0 Å². The summed E-state index contributed by atoms with van der Waals surface area (Å²) in [5.74, 6) is 0. The van der Waals surface area contributed by atoms with Gasteiger partial charge in [0.1, 0.15) is 0 Å². The van der Waals surface area contributed by atoms with E-state index in [1.165, 1.54) is 22.3 Å². The molecule has 0 unspecified atom stereocenters. The van der Waals surface area contributed by atoms with Crippen LogP contribution in [-0.2, 0) is 0 Å². The van der Waals surface area contributed by atoms with E-state index in [-0.39, 0.29) is 6.04 Å². The summed E-state index contributed by atoms with van der Waals surface area (Å²) in [5, 5.41) is 0. The predicted octanol–water partition coefficient (Wildman–Crippen LogP) is 3.80. The van der Waals surface area contributed by atoms with Crippen LogP contribution in [-0.4, -0.2) is 4.68 Å². The number of nitrogens with zero attached hydrogens (tertiary/aromatic N) is 1. The lowest BCUT2D eigenvalue weighted by Gasteiger charge is -2.17. The molecular weight excluding hydrogens is 232 g/mol.